The number of nitrogens with one attached hydrogen (secondary N) is 1. The lowest BCUT2D eigenvalue weighted by atomic mass is 10.3. The van der Waals surface area contributed by atoms with Gasteiger partial charge in [-0.05, 0) is 24.3 Å². The smallest absolute Gasteiger partial charge is 0.232 e. The van der Waals surface area contributed by atoms with E-state index in [0.29, 0.717) is 17.3 Å². The lowest BCUT2D eigenvalue weighted by molar-refractivity contribution is -0.115. The monoisotopic (exact) mass is 347 g/mol. The van der Waals surface area contributed by atoms with Gasteiger partial charge in [0.25, 0.3) is 0 Å². The molecule has 2 aromatic rings. The molecule has 0 aliphatic heterocycles. The molecule has 0 radical (unpaired) electrons. The maximum atomic E-state index is 11.8. The van der Waals surface area contributed by atoms with E-state index in [2.05, 4.69) is 10.5 Å². The first-order valence-corrected chi connectivity index (χ1v) is 7.69. The summed E-state index contributed by atoms with van der Waals surface area (Å²) >= 11 is 5.96. The molecule has 7 heteroatoms. The highest BCUT2D eigenvalue weighted by Gasteiger charge is 2.07. The van der Waals surface area contributed by atoms with E-state index >= 15 is 0 Å². The molecule has 6 nitrogen and oxygen atoms in total. The molecular weight excluding hydrogens is 330 g/mol. The standard InChI is InChI=1S/C17H18ClN3O3/c18-14-8-4-5-9-15(14)20-17(22)12-16(19)21-24-11-10-23-13-6-2-1-3-7-13/h1-9H,10-12H2,(H2,19,21)(H,20,22). The van der Waals surface area contributed by atoms with Crippen LogP contribution < -0.4 is 15.8 Å². The minimum atomic E-state index is -0.325. The Morgan fingerprint density at radius 3 is 2.54 bits per heavy atom. The molecule has 0 aromatic heterocycles. The molecule has 2 aromatic carbocycles. The quantitative estimate of drug-likeness (QED) is 0.332. The molecular formula is C17H18ClN3O3. The fourth-order valence-corrected chi connectivity index (χ4v) is 1.98. The summed E-state index contributed by atoms with van der Waals surface area (Å²) in [5.74, 6) is 0.491. The molecule has 1 amide bonds. The maximum Gasteiger partial charge on any atom is 0.232 e. The van der Waals surface area contributed by atoms with Crippen molar-refractivity contribution in [3.63, 3.8) is 0 Å². The largest absolute Gasteiger partial charge is 0.490 e. The molecule has 0 spiro atoms. The Morgan fingerprint density at radius 2 is 1.79 bits per heavy atom. The number of amides is 1. The Morgan fingerprint density at radius 1 is 1.08 bits per heavy atom. The summed E-state index contributed by atoms with van der Waals surface area (Å²) in [7, 11) is 0. The van der Waals surface area contributed by atoms with E-state index < -0.39 is 0 Å². The predicted octanol–water partition coefficient (Wildman–Crippen LogP) is 3.04. The van der Waals surface area contributed by atoms with Crippen molar-refractivity contribution in [1.82, 2.24) is 0 Å². The Balaban J connectivity index is 1.68. The van der Waals surface area contributed by atoms with Gasteiger partial charge in [-0.1, -0.05) is 47.1 Å². The van der Waals surface area contributed by atoms with Crippen LogP contribution in [0.25, 0.3) is 0 Å². The van der Waals surface area contributed by atoms with Gasteiger partial charge >= 0.3 is 0 Å². The number of halogens is 1. The van der Waals surface area contributed by atoms with E-state index in [4.69, 9.17) is 26.9 Å². The van der Waals surface area contributed by atoms with Gasteiger partial charge in [0.1, 0.15) is 18.2 Å². The summed E-state index contributed by atoms with van der Waals surface area (Å²) in [5, 5.41) is 6.79. The lowest BCUT2D eigenvalue weighted by Crippen LogP contribution is -2.22. The van der Waals surface area contributed by atoms with Crippen LogP contribution in [0.2, 0.25) is 5.02 Å². The third-order valence-corrected chi connectivity index (χ3v) is 3.19. The van der Waals surface area contributed by atoms with E-state index in [1.807, 2.05) is 30.3 Å². The highest BCUT2D eigenvalue weighted by Crippen LogP contribution is 2.20. The fraction of sp³-hybridized carbons (Fsp3) is 0.176. The second-order valence-corrected chi connectivity index (χ2v) is 5.19. The van der Waals surface area contributed by atoms with E-state index in [1.165, 1.54) is 0 Å². The normalized spacial score (nSPS) is 11.0. The number of rotatable bonds is 8. The summed E-state index contributed by atoms with van der Waals surface area (Å²) < 4.78 is 5.43. The van der Waals surface area contributed by atoms with Gasteiger partial charge in [0.15, 0.2) is 6.61 Å². The van der Waals surface area contributed by atoms with Crippen molar-refractivity contribution in [2.75, 3.05) is 18.5 Å². The topological polar surface area (TPSA) is 85.9 Å². The number of carbonyl (C=O) groups is 1. The van der Waals surface area contributed by atoms with E-state index in [0.717, 1.165) is 5.75 Å². The molecule has 0 aliphatic carbocycles. The van der Waals surface area contributed by atoms with Gasteiger partial charge in [0.2, 0.25) is 5.91 Å². The number of ether oxygens (including phenoxy) is 1. The molecule has 0 heterocycles. The number of anilines is 1. The SMILES string of the molecule is NC(CC(=O)Nc1ccccc1Cl)=NOCCOc1ccccc1. The Bertz CT molecular complexity index is 692. The van der Waals surface area contributed by atoms with Gasteiger partial charge in [-0.2, -0.15) is 0 Å². The van der Waals surface area contributed by atoms with Crippen molar-refractivity contribution in [2.45, 2.75) is 6.42 Å². The highest BCUT2D eigenvalue weighted by molar-refractivity contribution is 6.33. The van der Waals surface area contributed by atoms with Crippen LogP contribution in [-0.2, 0) is 9.63 Å². The molecule has 0 unspecified atom stereocenters. The van der Waals surface area contributed by atoms with E-state index in [-0.39, 0.29) is 24.8 Å². The third kappa shape index (κ3) is 6.18. The van der Waals surface area contributed by atoms with E-state index in [9.17, 15) is 4.79 Å². The zero-order valence-corrected chi connectivity index (χ0v) is 13.7. The van der Waals surface area contributed by atoms with Crippen molar-refractivity contribution < 1.29 is 14.4 Å². The number of hydrogen-bond acceptors (Lipinski definition) is 4. The van der Waals surface area contributed by atoms with Gasteiger partial charge < -0.3 is 20.6 Å². The number of nitrogens with two attached hydrogens (primary N) is 1. The van der Waals surface area contributed by atoms with Crippen LogP contribution in [0.3, 0.4) is 0 Å². The van der Waals surface area contributed by atoms with Crippen LogP contribution in [0.4, 0.5) is 5.69 Å². The number of nitrogens with zero attached hydrogens (tertiary/aromatic N) is 1. The molecule has 0 saturated heterocycles. The summed E-state index contributed by atoms with van der Waals surface area (Å²) in [6.45, 7) is 0.550. The van der Waals surface area contributed by atoms with Crippen LogP contribution in [0.1, 0.15) is 6.42 Å². The predicted molar refractivity (Wildman–Crippen MR) is 94.2 cm³/mol. The first-order valence-electron chi connectivity index (χ1n) is 7.31. The molecule has 0 aliphatic rings. The van der Waals surface area contributed by atoms with Crippen LogP contribution in [-0.4, -0.2) is 25.0 Å². The summed E-state index contributed by atoms with van der Waals surface area (Å²) in [4.78, 5) is 16.9. The first-order chi connectivity index (χ1) is 11.6. The first kappa shape index (κ1) is 17.6. The lowest BCUT2D eigenvalue weighted by Gasteiger charge is -2.07. The number of oxime groups is 1. The summed E-state index contributed by atoms with van der Waals surface area (Å²) in [5.41, 5.74) is 6.17. The fourth-order valence-electron chi connectivity index (χ4n) is 1.80. The van der Waals surface area contributed by atoms with Crippen molar-refractivity contribution in [3.05, 3.63) is 59.6 Å². The molecule has 3 N–H and O–H groups in total. The molecule has 0 atom stereocenters. The summed E-state index contributed by atoms with van der Waals surface area (Å²) in [6, 6.07) is 16.3. The van der Waals surface area contributed by atoms with Crippen LogP contribution >= 0.6 is 11.6 Å². The minimum absolute atomic E-state index is 0.0688. The van der Waals surface area contributed by atoms with Crippen LogP contribution in [0.5, 0.6) is 5.75 Å². The highest BCUT2D eigenvalue weighted by atomic mass is 35.5. The average Bonchev–Trinajstić information content (AvgIpc) is 2.57. The summed E-state index contributed by atoms with van der Waals surface area (Å²) in [6.07, 6.45) is -0.0925. The van der Waals surface area contributed by atoms with Crippen molar-refractivity contribution >= 4 is 29.0 Å². The molecule has 0 bridgehead atoms. The van der Waals surface area contributed by atoms with Crippen molar-refractivity contribution in [3.8, 4) is 5.75 Å². The maximum absolute atomic E-state index is 11.8. The van der Waals surface area contributed by atoms with Gasteiger partial charge in [-0.15, -0.1) is 0 Å². The zero-order valence-electron chi connectivity index (χ0n) is 12.9. The number of benzene rings is 2. The molecule has 24 heavy (non-hydrogen) atoms. The van der Waals surface area contributed by atoms with Gasteiger partial charge in [-0.25, -0.2) is 0 Å². The number of para-hydroxylation sites is 2. The second-order valence-electron chi connectivity index (χ2n) is 4.78. The molecule has 126 valence electrons. The second kappa shape index (κ2) is 9.42. The molecule has 2 rings (SSSR count). The van der Waals surface area contributed by atoms with Crippen LogP contribution in [0.15, 0.2) is 59.8 Å². The molecule has 0 saturated carbocycles. The molecule has 0 fully saturated rings. The Kier molecular flexibility index (Phi) is 6.91. The van der Waals surface area contributed by atoms with Gasteiger partial charge in [0.05, 0.1) is 17.1 Å². The number of carbonyl (C=O) groups excluding carboxylic acids is 1. The average molecular weight is 348 g/mol. The van der Waals surface area contributed by atoms with Gasteiger partial charge in [0, 0.05) is 0 Å². The number of amidine groups is 1. The minimum Gasteiger partial charge on any atom is -0.490 e. The zero-order chi connectivity index (χ0) is 17.2. The van der Waals surface area contributed by atoms with Crippen molar-refractivity contribution in [1.29, 1.82) is 0 Å². The van der Waals surface area contributed by atoms with Crippen molar-refractivity contribution in [2.24, 2.45) is 10.9 Å². The van der Waals surface area contributed by atoms with Crippen LogP contribution in [0, 0.1) is 0 Å². The Hall–Kier alpha value is -2.73. The third-order valence-electron chi connectivity index (χ3n) is 2.86. The van der Waals surface area contributed by atoms with E-state index in [1.54, 1.807) is 24.3 Å². The number of hydrogen-bond donors (Lipinski definition) is 2. The van der Waals surface area contributed by atoms with Gasteiger partial charge in [-0.3, -0.25) is 4.79 Å². The Labute approximate surface area is 145 Å².